The third-order valence-electron chi connectivity index (χ3n) is 6.23. The number of nitrogens with one attached hydrogen (secondary N) is 1. The summed E-state index contributed by atoms with van der Waals surface area (Å²) >= 11 is 0. The van der Waals surface area contributed by atoms with Crippen LogP contribution in [0.4, 0.5) is 0 Å². The van der Waals surface area contributed by atoms with E-state index in [4.69, 9.17) is 9.72 Å². The van der Waals surface area contributed by atoms with Crippen molar-refractivity contribution < 1.29 is 9.53 Å². The summed E-state index contributed by atoms with van der Waals surface area (Å²) in [6.45, 7) is 1.92. The molecule has 33 heavy (non-hydrogen) atoms. The molecule has 0 saturated heterocycles. The molecule has 7 nitrogen and oxygen atoms in total. The van der Waals surface area contributed by atoms with Crippen LogP contribution in [0, 0.1) is 0 Å². The zero-order valence-corrected chi connectivity index (χ0v) is 19.3. The lowest BCUT2D eigenvalue weighted by atomic mass is 9.95. The van der Waals surface area contributed by atoms with Crippen LogP contribution in [0.25, 0.3) is 33.5 Å². The van der Waals surface area contributed by atoms with Crippen LogP contribution in [0.1, 0.15) is 21.5 Å². The van der Waals surface area contributed by atoms with Crippen molar-refractivity contribution in [1.82, 2.24) is 24.8 Å². The predicted molar refractivity (Wildman–Crippen MR) is 129 cm³/mol. The number of methoxy groups -OCH3 is 1. The maximum atomic E-state index is 12.2. The van der Waals surface area contributed by atoms with Crippen LogP contribution in [0.5, 0.6) is 5.75 Å². The number of H-pyrrole nitrogens is 1. The minimum Gasteiger partial charge on any atom is -0.496 e. The number of carbonyl (C=O) groups excluding carboxylic acids is 1. The Morgan fingerprint density at radius 1 is 1.15 bits per heavy atom. The number of hydrogen-bond donors (Lipinski definition) is 1. The van der Waals surface area contributed by atoms with E-state index < -0.39 is 0 Å². The molecule has 1 amide bonds. The average Bonchev–Trinajstić information content (AvgIpc) is 3.26. The van der Waals surface area contributed by atoms with Crippen LogP contribution >= 0.6 is 0 Å². The molecule has 2 aromatic carbocycles. The van der Waals surface area contributed by atoms with Gasteiger partial charge >= 0.3 is 0 Å². The Morgan fingerprint density at radius 3 is 2.67 bits per heavy atom. The van der Waals surface area contributed by atoms with E-state index in [1.807, 2.05) is 30.5 Å². The van der Waals surface area contributed by atoms with Crippen LogP contribution in [-0.4, -0.2) is 65.5 Å². The topological polar surface area (TPSA) is 74.3 Å². The Morgan fingerprint density at radius 2 is 1.94 bits per heavy atom. The number of nitrogens with zero attached hydrogens (tertiary/aromatic N) is 4. The molecule has 0 unspecified atom stereocenters. The van der Waals surface area contributed by atoms with Crippen LogP contribution in [0.3, 0.4) is 0 Å². The zero-order chi connectivity index (χ0) is 23.1. The van der Waals surface area contributed by atoms with Gasteiger partial charge in [-0.2, -0.15) is 0 Å². The molecule has 0 radical (unpaired) electrons. The van der Waals surface area contributed by atoms with E-state index in [0.717, 1.165) is 58.8 Å². The fourth-order valence-electron chi connectivity index (χ4n) is 4.43. The second-order valence-electron chi connectivity index (χ2n) is 8.74. The molecule has 168 valence electrons. The van der Waals surface area contributed by atoms with Gasteiger partial charge in [0.25, 0.3) is 5.91 Å². The number of amides is 1. The fraction of sp³-hybridized carbons (Fsp3) is 0.269. The van der Waals surface area contributed by atoms with Crippen molar-refractivity contribution in [3.63, 3.8) is 0 Å². The first kappa shape index (κ1) is 21.2. The molecule has 1 N–H and O–H groups in total. The van der Waals surface area contributed by atoms with E-state index >= 15 is 0 Å². The van der Waals surface area contributed by atoms with Crippen molar-refractivity contribution >= 4 is 17.1 Å². The minimum atomic E-state index is -0.0189. The Kier molecular flexibility index (Phi) is 5.34. The molecule has 1 aliphatic heterocycles. The van der Waals surface area contributed by atoms with Crippen molar-refractivity contribution in [2.45, 2.75) is 13.0 Å². The smallest absolute Gasteiger partial charge is 0.253 e. The molecule has 2 aromatic heterocycles. The summed E-state index contributed by atoms with van der Waals surface area (Å²) in [5, 5.41) is 0. The third-order valence-corrected chi connectivity index (χ3v) is 6.23. The lowest BCUT2D eigenvalue weighted by Crippen LogP contribution is -2.26. The Bertz CT molecular complexity index is 1340. The van der Waals surface area contributed by atoms with Gasteiger partial charge in [-0.15, -0.1) is 0 Å². The normalized spacial score (nSPS) is 13.7. The fourth-order valence-corrected chi connectivity index (χ4v) is 4.43. The van der Waals surface area contributed by atoms with Gasteiger partial charge in [-0.25, -0.2) is 9.97 Å². The number of carbonyl (C=O) groups is 1. The lowest BCUT2D eigenvalue weighted by Gasteiger charge is -2.27. The van der Waals surface area contributed by atoms with Gasteiger partial charge in [-0.05, 0) is 54.4 Å². The number of benzene rings is 2. The first-order chi connectivity index (χ1) is 15.9. The van der Waals surface area contributed by atoms with Crippen LogP contribution < -0.4 is 4.74 Å². The number of hydrogen-bond acceptors (Lipinski definition) is 5. The largest absolute Gasteiger partial charge is 0.496 e. The van der Waals surface area contributed by atoms with E-state index in [-0.39, 0.29) is 5.91 Å². The first-order valence-corrected chi connectivity index (χ1v) is 11.0. The molecule has 0 saturated carbocycles. The van der Waals surface area contributed by atoms with Crippen LogP contribution in [0.2, 0.25) is 0 Å². The van der Waals surface area contributed by atoms with E-state index in [9.17, 15) is 4.79 Å². The second-order valence-corrected chi connectivity index (χ2v) is 8.74. The predicted octanol–water partition coefficient (Wildman–Crippen LogP) is 3.99. The summed E-state index contributed by atoms with van der Waals surface area (Å²) in [6.07, 6.45) is 4.70. The Hall–Kier alpha value is -3.71. The van der Waals surface area contributed by atoms with Gasteiger partial charge in [0.2, 0.25) is 0 Å². The van der Waals surface area contributed by atoms with Crippen molar-refractivity contribution in [2.75, 3.05) is 34.8 Å². The number of aromatic amines is 1. The highest BCUT2D eigenvalue weighted by Crippen LogP contribution is 2.34. The number of ether oxygens (including phenoxy) is 1. The highest BCUT2D eigenvalue weighted by Gasteiger charge is 2.20. The maximum absolute atomic E-state index is 12.2. The Labute approximate surface area is 193 Å². The quantitative estimate of drug-likeness (QED) is 0.518. The molecule has 0 atom stereocenters. The summed E-state index contributed by atoms with van der Waals surface area (Å²) in [5.41, 5.74) is 8.46. The molecule has 0 spiro atoms. The highest BCUT2D eigenvalue weighted by molar-refractivity contribution is 5.96. The summed E-state index contributed by atoms with van der Waals surface area (Å²) in [6, 6.07) is 11.9. The van der Waals surface area contributed by atoms with Gasteiger partial charge in [-0.3, -0.25) is 4.79 Å². The maximum Gasteiger partial charge on any atom is 0.253 e. The van der Waals surface area contributed by atoms with Gasteiger partial charge in [0.15, 0.2) is 5.65 Å². The number of fused-ring (bicyclic) bond motifs is 2. The summed E-state index contributed by atoms with van der Waals surface area (Å²) < 4.78 is 5.72. The molecule has 7 heteroatoms. The first-order valence-electron chi connectivity index (χ1n) is 11.0. The van der Waals surface area contributed by atoms with Gasteiger partial charge in [0.05, 0.1) is 19.0 Å². The van der Waals surface area contributed by atoms with Gasteiger partial charge in [-0.1, -0.05) is 12.1 Å². The SMILES string of the molecule is COc1cc(-c2cnc3[nH]cc(-c4ccc(C(=O)N(C)C)cc4)c3n2)cc2c1CCN(C)C2. The minimum absolute atomic E-state index is 0.0189. The van der Waals surface area contributed by atoms with E-state index in [2.05, 4.69) is 34.0 Å². The monoisotopic (exact) mass is 441 g/mol. The molecule has 5 rings (SSSR count). The van der Waals surface area contributed by atoms with Crippen molar-refractivity contribution in [3.05, 3.63) is 65.5 Å². The second kappa shape index (κ2) is 8.33. The Balaban J connectivity index is 1.56. The van der Waals surface area contributed by atoms with Crippen molar-refractivity contribution in [1.29, 1.82) is 0 Å². The van der Waals surface area contributed by atoms with Crippen LogP contribution in [-0.2, 0) is 13.0 Å². The van der Waals surface area contributed by atoms with Crippen molar-refractivity contribution in [3.8, 4) is 28.1 Å². The molecule has 0 aliphatic carbocycles. The molecule has 3 heterocycles. The molecule has 0 bridgehead atoms. The number of likely N-dealkylation sites (N-methyl/N-ethyl adjacent to an activating group) is 1. The van der Waals surface area contributed by atoms with Crippen molar-refractivity contribution in [2.24, 2.45) is 0 Å². The summed E-state index contributed by atoms with van der Waals surface area (Å²) in [4.78, 5) is 28.9. The average molecular weight is 442 g/mol. The highest BCUT2D eigenvalue weighted by atomic mass is 16.5. The summed E-state index contributed by atoms with van der Waals surface area (Å²) in [5.74, 6) is 0.891. The third kappa shape index (κ3) is 3.85. The number of rotatable bonds is 4. The van der Waals surface area contributed by atoms with E-state index in [1.54, 1.807) is 32.3 Å². The molecular weight excluding hydrogens is 414 g/mol. The number of aromatic nitrogens is 3. The standard InChI is InChI=1S/C26H27N5O2/c1-30(2)26(32)17-7-5-16(6-8-17)21-13-27-25-24(21)29-22(14-28-25)18-11-19-15-31(3)10-9-20(19)23(12-18)33-4/h5-8,11-14H,9-10,15H2,1-4H3,(H,27,28). The van der Waals surface area contributed by atoms with Gasteiger partial charge < -0.3 is 19.5 Å². The summed E-state index contributed by atoms with van der Waals surface area (Å²) in [7, 11) is 7.36. The van der Waals surface area contributed by atoms with E-state index in [1.165, 1.54) is 11.1 Å². The van der Waals surface area contributed by atoms with E-state index in [0.29, 0.717) is 5.56 Å². The molecule has 4 aromatic rings. The molecule has 1 aliphatic rings. The zero-order valence-electron chi connectivity index (χ0n) is 19.3. The molecule has 0 fully saturated rings. The van der Waals surface area contributed by atoms with Gasteiger partial charge in [0.1, 0.15) is 11.3 Å². The van der Waals surface area contributed by atoms with Gasteiger partial charge in [0, 0.05) is 50.1 Å². The van der Waals surface area contributed by atoms with Crippen LogP contribution in [0.15, 0.2) is 48.8 Å². The molecular formula is C26H27N5O2. The lowest BCUT2D eigenvalue weighted by molar-refractivity contribution is 0.0827.